The van der Waals surface area contributed by atoms with Gasteiger partial charge in [0.1, 0.15) is 18.1 Å². The molecular weight excluding hydrogens is 482 g/mol. The SMILES string of the molecule is CC(C)CC(N)C(=O)NC(Cc1c[nH]c2ccccc12)C(=O)NC(CS)C(=O)NC(C(=O)O)C(C)C. The molecule has 0 bridgehead atoms. The summed E-state index contributed by atoms with van der Waals surface area (Å²) < 4.78 is 0. The Labute approximate surface area is 216 Å². The maximum absolute atomic E-state index is 13.3. The molecule has 0 aliphatic carbocycles. The maximum atomic E-state index is 13.3. The zero-order chi connectivity index (χ0) is 27.0. The number of fused-ring (bicyclic) bond motifs is 1. The van der Waals surface area contributed by atoms with E-state index in [1.165, 1.54) is 0 Å². The molecule has 0 saturated carbocycles. The fourth-order valence-electron chi connectivity index (χ4n) is 3.86. The highest BCUT2D eigenvalue weighted by Gasteiger charge is 2.31. The number of nitrogens with two attached hydrogens (primary N) is 1. The number of hydrogen-bond acceptors (Lipinski definition) is 6. The second-order valence-corrected chi connectivity index (χ2v) is 10.0. The van der Waals surface area contributed by atoms with E-state index in [4.69, 9.17) is 5.73 Å². The predicted octanol–water partition coefficient (Wildman–Crippen LogP) is 1.21. The average Bonchev–Trinajstić information content (AvgIpc) is 3.22. The first-order valence-electron chi connectivity index (χ1n) is 12.0. The lowest BCUT2D eigenvalue weighted by Crippen LogP contribution is -2.58. The maximum Gasteiger partial charge on any atom is 0.326 e. The number of rotatable bonds is 13. The Hall–Kier alpha value is -3.05. The summed E-state index contributed by atoms with van der Waals surface area (Å²) in [6.45, 7) is 7.22. The van der Waals surface area contributed by atoms with Crippen molar-refractivity contribution in [1.29, 1.82) is 0 Å². The number of hydrogen-bond donors (Lipinski definition) is 7. The molecule has 2 rings (SSSR count). The molecule has 7 N–H and O–H groups in total. The number of aromatic amines is 1. The van der Waals surface area contributed by atoms with Crippen LogP contribution in [0.2, 0.25) is 0 Å². The van der Waals surface area contributed by atoms with Crippen molar-refractivity contribution in [2.75, 3.05) is 5.75 Å². The van der Waals surface area contributed by atoms with Gasteiger partial charge in [-0.2, -0.15) is 12.6 Å². The highest BCUT2D eigenvalue weighted by molar-refractivity contribution is 7.80. The number of thiol groups is 1. The molecule has 4 unspecified atom stereocenters. The minimum absolute atomic E-state index is 0.0668. The van der Waals surface area contributed by atoms with Crippen LogP contribution in [0.3, 0.4) is 0 Å². The highest BCUT2D eigenvalue weighted by atomic mass is 32.1. The van der Waals surface area contributed by atoms with E-state index in [-0.39, 0.29) is 24.0 Å². The predicted molar refractivity (Wildman–Crippen MR) is 142 cm³/mol. The minimum atomic E-state index is -1.17. The van der Waals surface area contributed by atoms with Crippen LogP contribution < -0.4 is 21.7 Å². The second-order valence-electron chi connectivity index (χ2n) is 9.67. The van der Waals surface area contributed by atoms with E-state index in [1.807, 2.05) is 38.1 Å². The summed E-state index contributed by atoms with van der Waals surface area (Å²) in [4.78, 5) is 53.5. The zero-order valence-corrected chi connectivity index (χ0v) is 22.0. The Balaban J connectivity index is 2.24. The van der Waals surface area contributed by atoms with Gasteiger partial charge in [0, 0.05) is 29.3 Å². The number of benzene rings is 1. The van der Waals surface area contributed by atoms with Crippen LogP contribution in [-0.2, 0) is 25.6 Å². The largest absolute Gasteiger partial charge is 0.480 e. The molecule has 11 heteroatoms. The molecule has 0 radical (unpaired) electrons. The van der Waals surface area contributed by atoms with Crippen molar-refractivity contribution in [2.45, 2.75) is 64.7 Å². The summed E-state index contributed by atoms with van der Waals surface area (Å²) in [6.07, 6.45) is 2.37. The monoisotopic (exact) mass is 519 g/mol. The Kier molecular flexibility index (Phi) is 10.8. The fraction of sp³-hybridized carbons (Fsp3) is 0.520. The van der Waals surface area contributed by atoms with Crippen molar-refractivity contribution in [3.05, 3.63) is 36.0 Å². The quantitative estimate of drug-likeness (QED) is 0.196. The Morgan fingerprint density at radius 2 is 1.58 bits per heavy atom. The molecule has 0 spiro atoms. The van der Waals surface area contributed by atoms with Crippen molar-refractivity contribution in [1.82, 2.24) is 20.9 Å². The summed E-state index contributed by atoms with van der Waals surface area (Å²) >= 11 is 4.17. The number of carboxylic acid groups (broad SMARTS) is 1. The van der Waals surface area contributed by atoms with Crippen LogP contribution >= 0.6 is 12.6 Å². The molecule has 10 nitrogen and oxygen atoms in total. The molecule has 1 aromatic carbocycles. The Morgan fingerprint density at radius 3 is 2.17 bits per heavy atom. The molecular formula is C25H37N5O5S. The summed E-state index contributed by atoms with van der Waals surface area (Å²) in [5.41, 5.74) is 7.73. The van der Waals surface area contributed by atoms with Gasteiger partial charge in [-0.25, -0.2) is 4.79 Å². The third-order valence-corrected chi connectivity index (χ3v) is 6.21. The first kappa shape index (κ1) is 29.2. The van der Waals surface area contributed by atoms with Gasteiger partial charge in [-0.05, 0) is 29.9 Å². The van der Waals surface area contributed by atoms with Crippen LogP contribution in [-0.4, -0.2) is 63.7 Å². The fourth-order valence-corrected chi connectivity index (χ4v) is 4.11. The number of H-pyrrole nitrogens is 1. The number of aliphatic carboxylic acids is 1. The van der Waals surface area contributed by atoms with Crippen LogP contribution in [0.4, 0.5) is 0 Å². The zero-order valence-electron chi connectivity index (χ0n) is 21.1. The number of aromatic nitrogens is 1. The normalized spacial score (nSPS) is 14.8. The van der Waals surface area contributed by atoms with Crippen molar-refractivity contribution < 1.29 is 24.3 Å². The van der Waals surface area contributed by atoms with Crippen molar-refractivity contribution in [3.63, 3.8) is 0 Å². The number of carbonyl (C=O) groups excluding carboxylic acids is 3. The van der Waals surface area contributed by atoms with Gasteiger partial charge in [0.25, 0.3) is 0 Å². The van der Waals surface area contributed by atoms with Crippen molar-refractivity contribution in [2.24, 2.45) is 17.6 Å². The molecule has 198 valence electrons. The molecule has 1 heterocycles. The lowest BCUT2D eigenvalue weighted by molar-refractivity contribution is -0.143. The van der Waals surface area contributed by atoms with E-state index in [0.717, 1.165) is 16.5 Å². The minimum Gasteiger partial charge on any atom is -0.480 e. The van der Waals surface area contributed by atoms with Gasteiger partial charge in [-0.3, -0.25) is 14.4 Å². The molecule has 2 aromatic rings. The summed E-state index contributed by atoms with van der Waals surface area (Å²) in [5.74, 6) is -3.16. The van der Waals surface area contributed by atoms with E-state index >= 15 is 0 Å². The topological polar surface area (TPSA) is 166 Å². The molecule has 4 atom stereocenters. The molecule has 0 aliphatic heterocycles. The van der Waals surface area contributed by atoms with Gasteiger partial charge in [0.2, 0.25) is 17.7 Å². The van der Waals surface area contributed by atoms with Crippen LogP contribution in [0.15, 0.2) is 30.5 Å². The Bertz CT molecular complexity index is 1070. The number of amides is 3. The third-order valence-electron chi connectivity index (χ3n) is 5.84. The van der Waals surface area contributed by atoms with Gasteiger partial charge in [-0.1, -0.05) is 45.9 Å². The lowest BCUT2D eigenvalue weighted by Gasteiger charge is -2.25. The molecule has 3 amide bonds. The first-order valence-corrected chi connectivity index (χ1v) is 12.6. The van der Waals surface area contributed by atoms with E-state index in [9.17, 15) is 24.3 Å². The van der Waals surface area contributed by atoms with Crippen LogP contribution in [0, 0.1) is 11.8 Å². The van der Waals surface area contributed by atoms with Gasteiger partial charge >= 0.3 is 5.97 Å². The number of nitrogens with one attached hydrogen (secondary N) is 4. The molecule has 1 aromatic heterocycles. The summed E-state index contributed by atoms with van der Waals surface area (Å²) in [6, 6.07) is 3.53. The van der Waals surface area contributed by atoms with Crippen LogP contribution in [0.25, 0.3) is 10.9 Å². The highest BCUT2D eigenvalue weighted by Crippen LogP contribution is 2.19. The lowest BCUT2D eigenvalue weighted by atomic mass is 10.0. The van der Waals surface area contributed by atoms with E-state index in [1.54, 1.807) is 20.0 Å². The van der Waals surface area contributed by atoms with Crippen molar-refractivity contribution in [3.8, 4) is 0 Å². The number of carbonyl (C=O) groups is 4. The number of carboxylic acids is 1. The van der Waals surface area contributed by atoms with E-state index < -0.39 is 47.9 Å². The first-order chi connectivity index (χ1) is 16.9. The average molecular weight is 520 g/mol. The van der Waals surface area contributed by atoms with Gasteiger partial charge in [0.15, 0.2) is 0 Å². The van der Waals surface area contributed by atoms with Crippen LogP contribution in [0.1, 0.15) is 39.7 Å². The van der Waals surface area contributed by atoms with Gasteiger partial charge < -0.3 is 31.8 Å². The molecule has 0 fully saturated rings. The molecule has 0 aliphatic rings. The van der Waals surface area contributed by atoms with E-state index in [0.29, 0.717) is 6.42 Å². The summed E-state index contributed by atoms with van der Waals surface area (Å²) in [7, 11) is 0. The second kappa shape index (κ2) is 13.3. The van der Waals surface area contributed by atoms with Gasteiger partial charge in [-0.15, -0.1) is 0 Å². The number of para-hydroxylation sites is 1. The van der Waals surface area contributed by atoms with Crippen LogP contribution in [0.5, 0.6) is 0 Å². The molecule has 36 heavy (non-hydrogen) atoms. The summed E-state index contributed by atoms with van der Waals surface area (Å²) in [5, 5.41) is 18.1. The van der Waals surface area contributed by atoms with Gasteiger partial charge in [0.05, 0.1) is 6.04 Å². The Morgan fingerprint density at radius 1 is 0.972 bits per heavy atom. The van der Waals surface area contributed by atoms with E-state index in [2.05, 4.69) is 33.6 Å². The standard InChI is InChI=1S/C25H37N5O5S/c1-13(2)9-17(26)22(31)28-19(10-15-11-27-18-8-6-5-7-16(15)18)23(32)29-20(12-36)24(33)30-21(14(3)4)25(34)35/h5-8,11,13-14,17,19-21,27,36H,9-10,12,26H2,1-4H3,(H,28,31)(H,29,32)(H,30,33)(H,34,35). The van der Waals surface area contributed by atoms with Crippen molar-refractivity contribution >= 4 is 47.2 Å². The molecule has 0 saturated heterocycles. The smallest absolute Gasteiger partial charge is 0.326 e. The third kappa shape index (κ3) is 7.99.